The molecule has 1 aliphatic rings. The molecule has 1 aliphatic heterocycles. The molecular weight excluding hydrogens is 514 g/mol. The van der Waals surface area contributed by atoms with Crippen LogP contribution in [0.1, 0.15) is 23.2 Å². The smallest absolute Gasteiger partial charge is 0.253 e. The summed E-state index contributed by atoms with van der Waals surface area (Å²) in [5.41, 5.74) is 2.83. The standard InChI is InChI=1S/C28H24F2N4O3.ClH/c1-31-23-14-16(4-5-22(23)33-18-7-10-36-11-8-18)19-6-9-32-24-15-25(37-27(19)24)26-20(29)12-17(13-21(26)30)28(35)34(2)3;/h4-6,9,12-15,18,33H,7-8,10-11H2,2-3H3;1H. The summed E-state index contributed by atoms with van der Waals surface area (Å²) in [7, 11) is 3.01. The van der Waals surface area contributed by atoms with Crippen LogP contribution in [0.15, 0.2) is 53.1 Å². The Bertz CT molecular complexity index is 1520. The second-order valence-corrected chi connectivity index (χ2v) is 9.07. The fraction of sp³-hybridized carbons (Fsp3) is 0.250. The van der Waals surface area contributed by atoms with Gasteiger partial charge < -0.3 is 19.4 Å². The van der Waals surface area contributed by atoms with Gasteiger partial charge in [0.25, 0.3) is 5.91 Å². The Morgan fingerprint density at radius 1 is 1.11 bits per heavy atom. The van der Waals surface area contributed by atoms with E-state index in [2.05, 4.69) is 15.1 Å². The first-order chi connectivity index (χ1) is 17.9. The van der Waals surface area contributed by atoms with E-state index in [-0.39, 0.29) is 35.3 Å². The van der Waals surface area contributed by atoms with Gasteiger partial charge in [0.15, 0.2) is 5.58 Å². The van der Waals surface area contributed by atoms with E-state index in [4.69, 9.17) is 15.7 Å². The molecule has 0 radical (unpaired) electrons. The highest BCUT2D eigenvalue weighted by molar-refractivity contribution is 5.96. The Morgan fingerprint density at radius 2 is 1.82 bits per heavy atom. The zero-order chi connectivity index (χ0) is 26.1. The van der Waals surface area contributed by atoms with Gasteiger partial charge in [-0.3, -0.25) is 9.78 Å². The van der Waals surface area contributed by atoms with Crippen LogP contribution in [-0.2, 0) is 4.74 Å². The van der Waals surface area contributed by atoms with Crippen molar-refractivity contribution in [3.05, 3.63) is 77.3 Å². The average Bonchev–Trinajstić information content (AvgIpc) is 3.32. The van der Waals surface area contributed by atoms with E-state index in [1.165, 1.54) is 25.1 Å². The molecule has 0 bridgehead atoms. The summed E-state index contributed by atoms with van der Waals surface area (Å²) in [5, 5.41) is 3.43. The normalized spacial score (nSPS) is 13.6. The molecule has 0 saturated carbocycles. The molecular formula is C28H25ClF2N4O3. The molecule has 10 heteroatoms. The molecule has 2 aromatic carbocycles. The third kappa shape index (κ3) is 5.19. The van der Waals surface area contributed by atoms with E-state index in [0.717, 1.165) is 30.7 Å². The molecule has 2 aromatic heterocycles. The zero-order valence-corrected chi connectivity index (χ0v) is 21.6. The van der Waals surface area contributed by atoms with Gasteiger partial charge in [-0.05, 0) is 48.7 Å². The predicted octanol–water partition coefficient (Wildman–Crippen LogP) is 6.71. The number of hydrogen-bond acceptors (Lipinski definition) is 5. The van der Waals surface area contributed by atoms with Crippen LogP contribution in [-0.4, -0.2) is 49.1 Å². The van der Waals surface area contributed by atoms with Crippen molar-refractivity contribution in [2.75, 3.05) is 32.6 Å². The number of nitrogens with one attached hydrogen (secondary N) is 1. The number of amides is 1. The van der Waals surface area contributed by atoms with E-state index < -0.39 is 17.5 Å². The monoisotopic (exact) mass is 538 g/mol. The third-order valence-electron chi connectivity index (χ3n) is 6.36. The Balaban J connectivity index is 0.00000336. The van der Waals surface area contributed by atoms with E-state index >= 15 is 0 Å². The van der Waals surface area contributed by atoms with E-state index in [9.17, 15) is 13.6 Å². The molecule has 0 unspecified atom stereocenters. The van der Waals surface area contributed by atoms with Crippen molar-refractivity contribution >= 4 is 40.8 Å². The van der Waals surface area contributed by atoms with Crippen LogP contribution >= 0.6 is 12.4 Å². The second kappa shape index (κ2) is 11.2. The summed E-state index contributed by atoms with van der Waals surface area (Å²) < 4.78 is 41.3. The van der Waals surface area contributed by atoms with Crippen molar-refractivity contribution in [3.63, 3.8) is 0 Å². The van der Waals surface area contributed by atoms with E-state index in [1.807, 2.05) is 12.1 Å². The number of nitrogens with zero attached hydrogens (tertiary/aromatic N) is 3. The van der Waals surface area contributed by atoms with Crippen LogP contribution in [0, 0.1) is 18.2 Å². The SMILES string of the molecule is Cl.[C-]#[N+]c1cc(-c2ccnc3cc(-c4c(F)cc(C(=O)N(C)C)cc4F)oc23)ccc1NC1CCOCC1. The van der Waals surface area contributed by atoms with Crippen LogP contribution in [0.2, 0.25) is 0 Å². The van der Waals surface area contributed by atoms with Crippen LogP contribution in [0.4, 0.5) is 20.2 Å². The summed E-state index contributed by atoms with van der Waals surface area (Å²) in [6.45, 7) is 9.05. The number of furan rings is 1. The number of pyridine rings is 1. The van der Waals surface area contributed by atoms with Crippen molar-refractivity contribution in [1.29, 1.82) is 0 Å². The number of rotatable bonds is 5. The van der Waals surface area contributed by atoms with Crippen LogP contribution in [0.25, 0.3) is 38.4 Å². The molecule has 5 rings (SSSR count). The highest BCUT2D eigenvalue weighted by atomic mass is 35.5. The number of halogens is 3. The van der Waals surface area contributed by atoms with Crippen molar-refractivity contribution in [1.82, 2.24) is 9.88 Å². The summed E-state index contributed by atoms with van der Waals surface area (Å²) in [4.78, 5) is 21.4. The van der Waals surface area contributed by atoms with Crippen LogP contribution in [0.5, 0.6) is 0 Å². The molecule has 196 valence electrons. The largest absolute Gasteiger partial charge is 0.453 e. The summed E-state index contributed by atoms with van der Waals surface area (Å²) in [5.74, 6) is -2.38. The molecule has 0 atom stereocenters. The molecule has 1 fully saturated rings. The lowest BCUT2D eigenvalue weighted by molar-refractivity contribution is 0.0826. The number of hydrogen-bond donors (Lipinski definition) is 1. The van der Waals surface area contributed by atoms with Crippen molar-refractivity contribution in [3.8, 4) is 22.5 Å². The molecule has 4 aromatic rings. The quantitative estimate of drug-likeness (QED) is 0.286. The van der Waals surface area contributed by atoms with E-state index in [0.29, 0.717) is 41.1 Å². The molecule has 38 heavy (non-hydrogen) atoms. The van der Waals surface area contributed by atoms with E-state index in [1.54, 1.807) is 18.3 Å². The van der Waals surface area contributed by atoms with Crippen LogP contribution < -0.4 is 5.32 Å². The molecule has 1 amide bonds. The third-order valence-corrected chi connectivity index (χ3v) is 6.36. The lowest BCUT2D eigenvalue weighted by Gasteiger charge is -2.25. The first-order valence-corrected chi connectivity index (χ1v) is 11.8. The van der Waals surface area contributed by atoms with Gasteiger partial charge in [0.2, 0.25) is 5.69 Å². The van der Waals surface area contributed by atoms with Crippen LogP contribution in [0.3, 0.4) is 0 Å². The van der Waals surface area contributed by atoms with Gasteiger partial charge in [-0.15, -0.1) is 12.4 Å². The van der Waals surface area contributed by atoms with Gasteiger partial charge in [-0.1, -0.05) is 6.07 Å². The van der Waals surface area contributed by atoms with Crippen molar-refractivity contribution < 1.29 is 22.7 Å². The first kappa shape index (κ1) is 27.0. The Hall–Kier alpha value is -4.00. The van der Waals surface area contributed by atoms with Gasteiger partial charge >= 0.3 is 0 Å². The molecule has 3 heterocycles. The maximum absolute atomic E-state index is 15.0. The van der Waals surface area contributed by atoms with Gasteiger partial charge in [-0.25, -0.2) is 13.6 Å². The Labute approximate surface area is 224 Å². The van der Waals surface area contributed by atoms with Gasteiger partial charge in [0.05, 0.1) is 12.1 Å². The first-order valence-electron chi connectivity index (χ1n) is 11.8. The number of fused-ring (bicyclic) bond motifs is 1. The summed E-state index contributed by atoms with van der Waals surface area (Å²) in [6.07, 6.45) is 3.32. The minimum atomic E-state index is -0.912. The lowest BCUT2D eigenvalue weighted by Crippen LogP contribution is -2.27. The van der Waals surface area contributed by atoms with Crippen molar-refractivity contribution in [2.45, 2.75) is 18.9 Å². The number of benzene rings is 2. The average molecular weight is 539 g/mol. The summed E-state index contributed by atoms with van der Waals surface area (Å²) in [6, 6.07) is 10.9. The summed E-state index contributed by atoms with van der Waals surface area (Å²) >= 11 is 0. The molecule has 0 spiro atoms. The number of ether oxygens (including phenoxy) is 1. The Kier molecular flexibility index (Phi) is 7.95. The maximum Gasteiger partial charge on any atom is 0.253 e. The van der Waals surface area contributed by atoms with Gasteiger partial charge in [0, 0.05) is 62.4 Å². The Morgan fingerprint density at radius 3 is 2.47 bits per heavy atom. The molecule has 1 N–H and O–H groups in total. The predicted molar refractivity (Wildman–Crippen MR) is 144 cm³/mol. The van der Waals surface area contributed by atoms with Crippen molar-refractivity contribution in [2.24, 2.45) is 0 Å². The zero-order valence-electron chi connectivity index (χ0n) is 20.8. The number of carbonyl (C=O) groups is 1. The molecule has 7 nitrogen and oxygen atoms in total. The topological polar surface area (TPSA) is 72.0 Å². The minimum absolute atomic E-state index is 0. The lowest BCUT2D eigenvalue weighted by atomic mass is 10.0. The fourth-order valence-electron chi connectivity index (χ4n) is 4.45. The number of anilines is 1. The maximum atomic E-state index is 15.0. The highest BCUT2D eigenvalue weighted by Gasteiger charge is 2.22. The minimum Gasteiger partial charge on any atom is -0.453 e. The molecule has 1 saturated heterocycles. The number of aromatic nitrogens is 1. The number of carbonyl (C=O) groups excluding carboxylic acids is 1. The van der Waals surface area contributed by atoms with Gasteiger partial charge in [-0.2, -0.15) is 0 Å². The second-order valence-electron chi connectivity index (χ2n) is 9.07. The highest BCUT2D eigenvalue weighted by Crippen LogP contribution is 2.38. The molecule has 0 aliphatic carbocycles. The van der Waals surface area contributed by atoms with Gasteiger partial charge in [0.1, 0.15) is 22.9 Å². The fourth-order valence-corrected chi connectivity index (χ4v) is 4.45.